The molecule has 0 heterocycles. The maximum Gasteiger partial charge on any atom is 0.335 e. The second-order valence-electron chi connectivity index (χ2n) is 10.5. The van der Waals surface area contributed by atoms with Gasteiger partial charge in [0.25, 0.3) is 0 Å². The van der Waals surface area contributed by atoms with Crippen LogP contribution in [0.3, 0.4) is 0 Å². The highest BCUT2D eigenvalue weighted by atomic mass is 16.5. The van der Waals surface area contributed by atoms with Crippen molar-refractivity contribution in [3.05, 3.63) is 94.6 Å². The summed E-state index contributed by atoms with van der Waals surface area (Å²) in [6, 6.07) is 19.0. The van der Waals surface area contributed by atoms with Crippen LogP contribution in [0, 0.1) is 12.8 Å². The molecule has 3 aromatic carbocycles. The average Bonchev–Trinajstić information content (AvgIpc) is 2.80. The number of rotatable bonds is 8. The predicted octanol–water partition coefficient (Wildman–Crippen LogP) is 7.44. The maximum atomic E-state index is 11.1. The maximum absolute atomic E-state index is 11.1. The van der Waals surface area contributed by atoms with Crippen molar-refractivity contribution < 1.29 is 19.7 Å². The van der Waals surface area contributed by atoms with Gasteiger partial charge in [0, 0.05) is 5.56 Å². The summed E-state index contributed by atoms with van der Waals surface area (Å²) in [7, 11) is 0. The van der Waals surface area contributed by atoms with Crippen LogP contribution in [-0.2, 0) is 5.41 Å². The number of hydrogen-bond acceptors (Lipinski definition) is 3. The van der Waals surface area contributed by atoms with Gasteiger partial charge in [-0.3, -0.25) is 0 Å². The fourth-order valence-corrected chi connectivity index (χ4v) is 3.96. The molecular weight excluding hydrogens is 436 g/mol. The Balaban J connectivity index is 2.07. The summed E-state index contributed by atoms with van der Waals surface area (Å²) >= 11 is 0. The van der Waals surface area contributed by atoms with E-state index in [0.29, 0.717) is 12.5 Å². The molecule has 3 aromatic rings. The second kappa shape index (κ2) is 10.9. The van der Waals surface area contributed by atoms with Gasteiger partial charge in [-0.05, 0) is 64.8 Å². The minimum absolute atomic E-state index is 0.169. The van der Waals surface area contributed by atoms with Gasteiger partial charge in [-0.25, -0.2) is 4.79 Å². The molecule has 0 aliphatic heterocycles. The zero-order chi connectivity index (χ0) is 25.8. The highest BCUT2D eigenvalue weighted by Gasteiger charge is 2.26. The van der Waals surface area contributed by atoms with Crippen LogP contribution in [0.15, 0.2) is 66.7 Å². The summed E-state index contributed by atoms with van der Waals surface area (Å²) in [5, 5.41) is 20.2. The summed E-state index contributed by atoms with van der Waals surface area (Å²) in [6.45, 7) is 13.4. The normalized spacial score (nSPS) is 12.8. The summed E-state index contributed by atoms with van der Waals surface area (Å²) < 4.78 is 6.31. The Hall–Kier alpha value is -3.37. The fraction of sp³-hybridized carbons (Fsp3) is 0.323. The first-order valence-corrected chi connectivity index (χ1v) is 12.0. The van der Waals surface area contributed by atoms with Crippen molar-refractivity contribution in [3.63, 3.8) is 0 Å². The monoisotopic (exact) mass is 472 g/mol. The van der Waals surface area contributed by atoms with E-state index < -0.39 is 12.1 Å². The molecule has 0 aliphatic rings. The van der Waals surface area contributed by atoms with Gasteiger partial charge in [0.1, 0.15) is 5.75 Å². The van der Waals surface area contributed by atoms with Gasteiger partial charge < -0.3 is 14.9 Å². The van der Waals surface area contributed by atoms with Crippen LogP contribution in [0.4, 0.5) is 0 Å². The second-order valence-corrected chi connectivity index (χ2v) is 10.5. The van der Waals surface area contributed by atoms with Crippen LogP contribution in [0.2, 0.25) is 0 Å². The van der Waals surface area contributed by atoms with Crippen LogP contribution in [0.1, 0.15) is 73.3 Å². The van der Waals surface area contributed by atoms with Gasteiger partial charge in [0.05, 0.1) is 18.3 Å². The van der Waals surface area contributed by atoms with Crippen molar-refractivity contribution >= 4 is 12.0 Å². The number of carboxylic acids is 1. The molecule has 0 aromatic heterocycles. The van der Waals surface area contributed by atoms with E-state index in [2.05, 4.69) is 71.9 Å². The van der Waals surface area contributed by atoms with Crippen molar-refractivity contribution in [1.82, 2.24) is 0 Å². The molecule has 0 fully saturated rings. The molecule has 35 heavy (non-hydrogen) atoms. The largest absolute Gasteiger partial charge is 0.493 e. The van der Waals surface area contributed by atoms with Gasteiger partial charge >= 0.3 is 5.97 Å². The van der Waals surface area contributed by atoms with Crippen molar-refractivity contribution in [3.8, 4) is 16.9 Å². The van der Waals surface area contributed by atoms with E-state index in [1.807, 2.05) is 6.07 Å². The number of carboxylic acid groups (broad SMARTS) is 1. The third-order valence-corrected chi connectivity index (χ3v) is 5.78. The molecule has 0 bridgehead atoms. The number of ether oxygens (including phenoxy) is 1. The predicted molar refractivity (Wildman–Crippen MR) is 143 cm³/mol. The Morgan fingerprint density at radius 3 is 2.17 bits per heavy atom. The van der Waals surface area contributed by atoms with Crippen LogP contribution < -0.4 is 4.74 Å². The SMILES string of the molecule is Cc1ccc(-c2cc(C(O)C=Cc3ccc(C(=O)O)cc3)cc(OCC(C)C)c2C(C)(C)C)cc1. The topological polar surface area (TPSA) is 66.8 Å². The quantitative estimate of drug-likeness (QED) is 0.357. The van der Waals surface area contributed by atoms with Gasteiger partial charge in [0.15, 0.2) is 0 Å². The lowest BCUT2D eigenvalue weighted by Gasteiger charge is -2.28. The van der Waals surface area contributed by atoms with E-state index in [1.165, 1.54) is 5.56 Å². The third kappa shape index (κ3) is 6.83. The number of aryl methyl sites for hydroxylation is 1. The van der Waals surface area contributed by atoms with E-state index in [0.717, 1.165) is 33.6 Å². The lowest BCUT2D eigenvalue weighted by Crippen LogP contribution is -2.17. The number of aromatic carboxylic acids is 1. The standard InChI is InChI=1S/C31H36O4/c1-20(2)19-35-28-18-25(27(32)16-11-22-9-14-24(15-10-22)30(33)34)17-26(29(28)31(4,5)6)23-12-7-21(3)8-13-23/h7-18,20,27,32H,19H2,1-6H3,(H,33,34). The van der Waals surface area contributed by atoms with Crippen LogP contribution in [-0.4, -0.2) is 22.8 Å². The third-order valence-electron chi connectivity index (χ3n) is 5.78. The minimum Gasteiger partial charge on any atom is -0.493 e. The molecule has 0 saturated heterocycles. The lowest BCUT2D eigenvalue weighted by atomic mass is 9.79. The molecule has 4 nitrogen and oxygen atoms in total. The summed E-state index contributed by atoms with van der Waals surface area (Å²) in [5.41, 5.74) is 6.06. The molecule has 0 saturated carbocycles. The molecule has 0 radical (unpaired) electrons. The highest BCUT2D eigenvalue weighted by molar-refractivity contribution is 5.87. The van der Waals surface area contributed by atoms with Gasteiger partial charge in [-0.2, -0.15) is 0 Å². The number of aliphatic hydroxyl groups excluding tert-OH is 1. The number of carbonyl (C=O) groups is 1. The molecule has 0 spiro atoms. The minimum atomic E-state index is -0.961. The molecule has 0 aliphatic carbocycles. The molecule has 2 N–H and O–H groups in total. The van der Waals surface area contributed by atoms with Crippen LogP contribution in [0.5, 0.6) is 5.75 Å². The Morgan fingerprint density at radius 1 is 1.00 bits per heavy atom. The first kappa shape index (κ1) is 26.2. The van der Waals surface area contributed by atoms with Crippen LogP contribution in [0.25, 0.3) is 17.2 Å². The van der Waals surface area contributed by atoms with Crippen molar-refractivity contribution in [1.29, 1.82) is 0 Å². The Bertz CT molecular complexity index is 1180. The van der Waals surface area contributed by atoms with E-state index in [9.17, 15) is 9.90 Å². The lowest BCUT2D eigenvalue weighted by molar-refractivity contribution is 0.0697. The Morgan fingerprint density at radius 2 is 1.63 bits per heavy atom. The molecule has 4 heteroatoms. The fourth-order valence-electron chi connectivity index (χ4n) is 3.96. The smallest absolute Gasteiger partial charge is 0.335 e. The number of aliphatic hydroxyl groups is 1. The molecule has 0 amide bonds. The van der Waals surface area contributed by atoms with Crippen molar-refractivity contribution in [2.24, 2.45) is 5.92 Å². The molecule has 1 atom stereocenters. The molecule has 184 valence electrons. The van der Waals surface area contributed by atoms with E-state index in [1.54, 1.807) is 36.4 Å². The van der Waals surface area contributed by atoms with E-state index >= 15 is 0 Å². The highest BCUT2D eigenvalue weighted by Crippen LogP contribution is 2.42. The Kier molecular flexibility index (Phi) is 8.18. The summed E-state index contributed by atoms with van der Waals surface area (Å²) in [6.07, 6.45) is 2.66. The number of benzene rings is 3. The first-order valence-electron chi connectivity index (χ1n) is 12.0. The molecule has 1 unspecified atom stereocenters. The van der Waals surface area contributed by atoms with Gasteiger partial charge in [-0.1, -0.05) is 88.7 Å². The van der Waals surface area contributed by atoms with E-state index in [4.69, 9.17) is 9.84 Å². The van der Waals surface area contributed by atoms with E-state index in [-0.39, 0.29) is 11.0 Å². The summed E-state index contributed by atoms with van der Waals surface area (Å²) in [4.78, 5) is 11.1. The van der Waals surface area contributed by atoms with Crippen molar-refractivity contribution in [2.75, 3.05) is 6.61 Å². The zero-order valence-corrected chi connectivity index (χ0v) is 21.5. The first-order chi connectivity index (χ1) is 16.5. The zero-order valence-electron chi connectivity index (χ0n) is 21.5. The summed E-state index contributed by atoms with van der Waals surface area (Å²) in [5.74, 6) is 0.197. The Labute approximate surface area is 208 Å². The average molecular weight is 473 g/mol. The number of hydrogen-bond donors (Lipinski definition) is 2. The molecule has 3 rings (SSSR count). The van der Waals surface area contributed by atoms with Crippen LogP contribution >= 0.6 is 0 Å². The molecular formula is C31H36O4. The van der Waals surface area contributed by atoms with Gasteiger partial charge in [0.2, 0.25) is 0 Å². The van der Waals surface area contributed by atoms with Crippen molar-refractivity contribution in [2.45, 2.75) is 53.1 Å². The van der Waals surface area contributed by atoms with Gasteiger partial charge in [-0.15, -0.1) is 0 Å².